The summed E-state index contributed by atoms with van der Waals surface area (Å²) in [5, 5.41) is 0. The number of carbonyl (C=O) groups excluding carboxylic acids is 2. The normalized spacial score (nSPS) is 21.8. The highest BCUT2D eigenvalue weighted by Crippen LogP contribution is 2.36. The predicted molar refractivity (Wildman–Crippen MR) is 107 cm³/mol. The van der Waals surface area contributed by atoms with E-state index in [2.05, 4.69) is 0 Å². The summed E-state index contributed by atoms with van der Waals surface area (Å²) in [7, 11) is 1.64. The third-order valence-electron chi connectivity index (χ3n) is 5.91. The summed E-state index contributed by atoms with van der Waals surface area (Å²) in [6.45, 7) is 2.69. The van der Waals surface area contributed by atoms with Crippen LogP contribution in [0.2, 0.25) is 0 Å². The summed E-state index contributed by atoms with van der Waals surface area (Å²) < 4.78 is 5.26. The van der Waals surface area contributed by atoms with Gasteiger partial charge in [0.15, 0.2) is 0 Å². The predicted octanol–water partition coefficient (Wildman–Crippen LogP) is 3.17. The first-order valence-corrected chi connectivity index (χ1v) is 9.94. The molecule has 5 heteroatoms. The Kier molecular flexibility index (Phi) is 5.33. The Bertz CT molecular complexity index is 829. The van der Waals surface area contributed by atoms with Gasteiger partial charge in [-0.2, -0.15) is 0 Å². The molecule has 2 aromatic rings. The molecule has 2 unspecified atom stereocenters. The maximum Gasteiger partial charge on any atom is 0.253 e. The van der Waals surface area contributed by atoms with Crippen LogP contribution in [0.3, 0.4) is 0 Å². The Balaban J connectivity index is 1.60. The second-order valence-electron chi connectivity index (χ2n) is 7.59. The fraction of sp³-hybridized carbons (Fsp3) is 0.391. The van der Waals surface area contributed by atoms with Gasteiger partial charge < -0.3 is 14.5 Å². The van der Waals surface area contributed by atoms with Crippen molar-refractivity contribution in [2.75, 3.05) is 33.3 Å². The summed E-state index contributed by atoms with van der Waals surface area (Å²) >= 11 is 0. The van der Waals surface area contributed by atoms with Gasteiger partial charge >= 0.3 is 0 Å². The molecule has 0 saturated carbocycles. The van der Waals surface area contributed by atoms with Gasteiger partial charge in [-0.1, -0.05) is 30.3 Å². The smallest absolute Gasteiger partial charge is 0.253 e. The van der Waals surface area contributed by atoms with Crippen LogP contribution in [0.15, 0.2) is 54.6 Å². The molecule has 5 nitrogen and oxygen atoms in total. The molecule has 2 heterocycles. The fourth-order valence-corrected chi connectivity index (χ4v) is 4.34. The van der Waals surface area contributed by atoms with E-state index in [1.165, 1.54) is 0 Å². The minimum absolute atomic E-state index is 0.00386. The van der Waals surface area contributed by atoms with Crippen LogP contribution in [-0.2, 0) is 4.79 Å². The van der Waals surface area contributed by atoms with Crippen molar-refractivity contribution in [2.24, 2.45) is 5.92 Å². The molecule has 2 atom stereocenters. The summed E-state index contributed by atoms with van der Waals surface area (Å²) in [6, 6.07) is 17.2. The number of carbonyl (C=O) groups is 2. The van der Waals surface area contributed by atoms with E-state index >= 15 is 0 Å². The summed E-state index contributed by atoms with van der Waals surface area (Å²) in [5.41, 5.74) is 1.76. The number of hydrogen-bond acceptors (Lipinski definition) is 3. The molecule has 28 heavy (non-hydrogen) atoms. The van der Waals surface area contributed by atoms with Crippen LogP contribution in [0.1, 0.15) is 34.7 Å². The van der Waals surface area contributed by atoms with Gasteiger partial charge in [0.05, 0.1) is 13.0 Å². The van der Waals surface area contributed by atoms with Crippen molar-refractivity contribution in [1.82, 2.24) is 9.80 Å². The van der Waals surface area contributed by atoms with Crippen LogP contribution in [0.5, 0.6) is 5.75 Å². The molecular formula is C23H26N2O3. The maximum absolute atomic E-state index is 13.2. The zero-order valence-corrected chi connectivity index (χ0v) is 16.2. The molecule has 146 valence electrons. The van der Waals surface area contributed by atoms with E-state index in [0.29, 0.717) is 18.7 Å². The van der Waals surface area contributed by atoms with E-state index in [0.717, 1.165) is 37.2 Å². The first-order chi connectivity index (χ1) is 13.7. The molecule has 2 saturated heterocycles. The van der Waals surface area contributed by atoms with Crippen LogP contribution in [0, 0.1) is 5.92 Å². The van der Waals surface area contributed by atoms with Gasteiger partial charge in [0, 0.05) is 37.7 Å². The molecule has 0 spiro atoms. The highest BCUT2D eigenvalue weighted by atomic mass is 16.5. The Labute approximate surface area is 165 Å². The average molecular weight is 378 g/mol. The van der Waals surface area contributed by atoms with Gasteiger partial charge in [0.1, 0.15) is 5.75 Å². The van der Waals surface area contributed by atoms with E-state index < -0.39 is 0 Å². The second-order valence-corrected chi connectivity index (χ2v) is 7.59. The number of likely N-dealkylation sites (tertiary alicyclic amines) is 2. The molecule has 0 radical (unpaired) electrons. The Morgan fingerprint density at radius 2 is 1.57 bits per heavy atom. The Hall–Kier alpha value is -2.82. The van der Waals surface area contributed by atoms with E-state index in [4.69, 9.17) is 4.74 Å². The van der Waals surface area contributed by atoms with Crippen molar-refractivity contribution in [2.45, 2.75) is 18.8 Å². The van der Waals surface area contributed by atoms with Gasteiger partial charge in [-0.25, -0.2) is 0 Å². The van der Waals surface area contributed by atoms with E-state index in [1.54, 1.807) is 7.11 Å². The first kappa shape index (κ1) is 18.5. The van der Waals surface area contributed by atoms with Crippen molar-refractivity contribution in [3.8, 4) is 5.75 Å². The van der Waals surface area contributed by atoms with E-state index in [-0.39, 0.29) is 23.7 Å². The molecule has 2 aliphatic heterocycles. The fourth-order valence-electron chi connectivity index (χ4n) is 4.34. The quantitative estimate of drug-likeness (QED) is 0.821. The molecule has 2 aromatic carbocycles. The van der Waals surface area contributed by atoms with Gasteiger partial charge in [-0.15, -0.1) is 0 Å². The number of hydrogen-bond donors (Lipinski definition) is 0. The van der Waals surface area contributed by atoms with Gasteiger partial charge in [-0.05, 0) is 42.7 Å². The molecule has 2 aliphatic rings. The lowest BCUT2D eigenvalue weighted by atomic mass is 9.88. The van der Waals surface area contributed by atoms with Crippen molar-refractivity contribution >= 4 is 11.8 Å². The van der Waals surface area contributed by atoms with Crippen LogP contribution >= 0.6 is 0 Å². The number of amides is 2. The Morgan fingerprint density at radius 3 is 2.21 bits per heavy atom. The van der Waals surface area contributed by atoms with Gasteiger partial charge in [-0.3, -0.25) is 9.59 Å². The van der Waals surface area contributed by atoms with Crippen molar-refractivity contribution in [3.05, 3.63) is 65.7 Å². The molecule has 2 amide bonds. The second kappa shape index (κ2) is 8.05. The van der Waals surface area contributed by atoms with E-state index in [1.807, 2.05) is 64.4 Å². The number of rotatable bonds is 4. The summed E-state index contributed by atoms with van der Waals surface area (Å²) in [6.07, 6.45) is 2.14. The molecular weight excluding hydrogens is 352 g/mol. The lowest BCUT2D eigenvalue weighted by molar-refractivity contribution is -0.134. The first-order valence-electron chi connectivity index (χ1n) is 9.94. The third-order valence-corrected chi connectivity index (χ3v) is 5.91. The molecule has 2 fully saturated rings. The topological polar surface area (TPSA) is 49.9 Å². The van der Waals surface area contributed by atoms with Gasteiger partial charge in [0.25, 0.3) is 5.91 Å². The highest BCUT2D eigenvalue weighted by molar-refractivity contribution is 5.95. The molecule has 0 aromatic heterocycles. The zero-order valence-electron chi connectivity index (χ0n) is 16.2. The lowest BCUT2D eigenvalue weighted by Gasteiger charge is -2.24. The zero-order chi connectivity index (χ0) is 19.5. The van der Waals surface area contributed by atoms with Crippen molar-refractivity contribution in [1.29, 1.82) is 0 Å². The number of methoxy groups -OCH3 is 1. The molecule has 4 rings (SSSR count). The maximum atomic E-state index is 13.2. The summed E-state index contributed by atoms with van der Waals surface area (Å²) in [4.78, 5) is 30.0. The van der Waals surface area contributed by atoms with Crippen LogP contribution in [-0.4, -0.2) is 54.9 Å². The van der Waals surface area contributed by atoms with Crippen molar-refractivity contribution in [3.63, 3.8) is 0 Å². The highest BCUT2D eigenvalue weighted by Gasteiger charge is 2.42. The minimum atomic E-state index is -0.195. The Morgan fingerprint density at radius 1 is 0.893 bits per heavy atom. The van der Waals surface area contributed by atoms with E-state index in [9.17, 15) is 9.59 Å². The third kappa shape index (κ3) is 3.61. The monoisotopic (exact) mass is 378 g/mol. The van der Waals surface area contributed by atoms with Crippen LogP contribution in [0.4, 0.5) is 0 Å². The number of nitrogens with zero attached hydrogens (tertiary/aromatic N) is 2. The lowest BCUT2D eigenvalue weighted by Crippen LogP contribution is -2.37. The largest absolute Gasteiger partial charge is 0.497 e. The van der Waals surface area contributed by atoms with Crippen molar-refractivity contribution < 1.29 is 14.3 Å². The van der Waals surface area contributed by atoms with Gasteiger partial charge in [0.2, 0.25) is 5.91 Å². The molecule has 0 N–H and O–H groups in total. The molecule has 0 bridgehead atoms. The minimum Gasteiger partial charge on any atom is -0.497 e. The average Bonchev–Trinajstić information content (AvgIpc) is 3.44. The standard InChI is InChI=1S/C23H26N2O3/c1-28-19-11-9-17(10-12-19)20-15-25(22(26)18-7-3-2-4-8-18)16-21(20)23(27)24-13-5-6-14-24/h2-4,7-12,20-21H,5-6,13-16H2,1H3. The summed E-state index contributed by atoms with van der Waals surface area (Å²) in [5.74, 6) is 0.782. The molecule has 0 aliphatic carbocycles. The SMILES string of the molecule is COc1ccc(C2CN(C(=O)c3ccccc3)CC2C(=O)N2CCCC2)cc1. The number of ether oxygens (including phenoxy) is 1. The van der Waals surface area contributed by atoms with Crippen LogP contribution < -0.4 is 4.74 Å². The number of benzene rings is 2. The van der Waals surface area contributed by atoms with Crippen LogP contribution in [0.25, 0.3) is 0 Å².